The Labute approximate surface area is 110 Å². The first-order valence-corrected chi connectivity index (χ1v) is 6.85. The third kappa shape index (κ3) is 2.68. The van der Waals surface area contributed by atoms with Crippen molar-refractivity contribution >= 4 is 11.3 Å². The summed E-state index contributed by atoms with van der Waals surface area (Å²) >= 11 is 1.69. The number of ether oxygens (including phenoxy) is 1. The number of nitrogens with one attached hydrogen (secondary N) is 1. The zero-order chi connectivity index (χ0) is 12.4. The van der Waals surface area contributed by atoms with Gasteiger partial charge in [0.05, 0.1) is 23.9 Å². The Hall–Kier alpha value is -1.46. The normalized spacial score (nSPS) is 14.7. The van der Waals surface area contributed by atoms with Crippen LogP contribution in [-0.2, 0) is 6.54 Å². The summed E-state index contributed by atoms with van der Waals surface area (Å²) < 4.78 is 5.10. The molecule has 1 fully saturated rings. The SMILES string of the molecule is COc1ccc(-c2cnc(CNC3CC3)s2)nc1. The Morgan fingerprint density at radius 2 is 2.22 bits per heavy atom. The molecule has 5 heteroatoms. The Morgan fingerprint density at radius 3 is 2.89 bits per heavy atom. The van der Waals surface area contributed by atoms with Gasteiger partial charge in [0.25, 0.3) is 0 Å². The maximum atomic E-state index is 5.10. The number of hydrogen-bond donors (Lipinski definition) is 1. The van der Waals surface area contributed by atoms with Crippen molar-refractivity contribution in [2.45, 2.75) is 25.4 Å². The molecule has 0 atom stereocenters. The summed E-state index contributed by atoms with van der Waals surface area (Å²) in [5.74, 6) is 0.777. The molecule has 0 amide bonds. The summed E-state index contributed by atoms with van der Waals surface area (Å²) in [4.78, 5) is 9.89. The molecule has 0 aliphatic heterocycles. The summed E-state index contributed by atoms with van der Waals surface area (Å²) in [5.41, 5.74) is 0.950. The second-order valence-corrected chi connectivity index (χ2v) is 5.47. The quantitative estimate of drug-likeness (QED) is 0.898. The molecule has 2 heterocycles. The minimum Gasteiger partial charge on any atom is -0.495 e. The molecule has 1 N–H and O–H groups in total. The van der Waals surface area contributed by atoms with Gasteiger partial charge in [-0.1, -0.05) is 0 Å². The molecule has 1 aliphatic carbocycles. The number of pyridine rings is 1. The van der Waals surface area contributed by atoms with Crippen molar-refractivity contribution in [2.75, 3.05) is 7.11 Å². The van der Waals surface area contributed by atoms with E-state index in [1.165, 1.54) is 12.8 Å². The van der Waals surface area contributed by atoms with Crippen molar-refractivity contribution in [3.05, 3.63) is 29.5 Å². The average molecular weight is 261 g/mol. The Balaban J connectivity index is 1.70. The molecule has 0 spiro atoms. The average Bonchev–Trinajstić information content (AvgIpc) is 3.14. The molecule has 1 aliphatic rings. The number of rotatable bonds is 5. The Bertz CT molecular complexity index is 519. The first-order valence-electron chi connectivity index (χ1n) is 6.03. The van der Waals surface area contributed by atoms with Gasteiger partial charge >= 0.3 is 0 Å². The molecule has 0 saturated heterocycles. The van der Waals surface area contributed by atoms with Gasteiger partial charge in [-0.25, -0.2) is 4.98 Å². The highest BCUT2D eigenvalue weighted by Gasteiger charge is 2.20. The van der Waals surface area contributed by atoms with Crippen molar-refractivity contribution in [3.8, 4) is 16.3 Å². The number of hydrogen-bond acceptors (Lipinski definition) is 5. The van der Waals surface area contributed by atoms with Gasteiger partial charge in [-0.05, 0) is 25.0 Å². The van der Waals surface area contributed by atoms with Crippen LogP contribution in [-0.4, -0.2) is 23.1 Å². The minimum atomic E-state index is 0.719. The van der Waals surface area contributed by atoms with Crippen LogP contribution in [0.2, 0.25) is 0 Å². The lowest BCUT2D eigenvalue weighted by molar-refractivity contribution is 0.413. The first kappa shape index (κ1) is 11.6. The van der Waals surface area contributed by atoms with E-state index in [0.29, 0.717) is 0 Å². The zero-order valence-corrected chi connectivity index (χ0v) is 11.0. The van der Waals surface area contributed by atoms with Gasteiger partial charge in [0.15, 0.2) is 0 Å². The zero-order valence-electron chi connectivity index (χ0n) is 10.2. The highest BCUT2D eigenvalue weighted by molar-refractivity contribution is 7.15. The van der Waals surface area contributed by atoms with Crippen LogP contribution >= 0.6 is 11.3 Å². The van der Waals surface area contributed by atoms with Crippen molar-refractivity contribution in [2.24, 2.45) is 0 Å². The number of nitrogens with zero attached hydrogens (tertiary/aromatic N) is 2. The van der Waals surface area contributed by atoms with E-state index in [-0.39, 0.29) is 0 Å². The van der Waals surface area contributed by atoms with Gasteiger partial charge in [0.1, 0.15) is 10.8 Å². The molecule has 0 unspecified atom stereocenters. The van der Waals surface area contributed by atoms with Gasteiger partial charge in [0, 0.05) is 18.8 Å². The fraction of sp³-hybridized carbons (Fsp3) is 0.385. The first-order chi connectivity index (χ1) is 8.85. The predicted molar refractivity (Wildman–Crippen MR) is 71.8 cm³/mol. The molecular formula is C13H15N3OS. The van der Waals surface area contributed by atoms with Crippen molar-refractivity contribution in [1.29, 1.82) is 0 Å². The summed E-state index contributed by atoms with van der Waals surface area (Å²) in [7, 11) is 1.64. The van der Waals surface area contributed by atoms with E-state index in [9.17, 15) is 0 Å². The van der Waals surface area contributed by atoms with E-state index in [0.717, 1.165) is 33.9 Å². The highest BCUT2D eigenvalue weighted by Crippen LogP contribution is 2.26. The lowest BCUT2D eigenvalue weighted by Gasteiger charge is -1.99. The maximum Gasteiger partial charge on any atom is 0.137 e. The van der Waals surface area contributed by atoms with Gasteiger partial charge < -0.3 is 10.1 Å². The molecule has 0 aromatic carbocycles. The second kappa shape index (κ2) is 5.04. The van der Waals surface area contributed by atoms with Crippen LogP contribution in [0.15, 0.2) is 24.5 Å². The molecule has 94 valence electrons. The van der Waals surface area contributed by atoms with Crippen LogP contribution < -0.4 is 10.1 Å². The summed E-state index contributed by atoms with van der Waals surface area (Å²) in [6.45, 7) is 0.867. The predicted octanol–water partition coefficient (Wildman–Crippen LogP) is 2.47. The number of aromatic nitrogens is 2. The third-order valence-electron chi connectivity index (χ3n) is 2.90. The van der Waals surface area contributed by atoms with Crippen LogP contribution in [0.5, 0.6) is 5.75 Å². The number of methoxy groups -OCH3 is 1. The van der Waals surface area contributed by atoms with E-state index in [2.05, 4.69) is 15.3 Å². The van der Waals surface area contributed by atoms with E-state index >= 15 is 0 Å². The second-order valence-electron chi connectivity index (χ2n) is 4.36. The van der Waals surface area contributed by atoms with Gasteiger partial charge in [0.2, 0.25) is 0 Å². The fourth-order valence-electron chi connectivity index (χ4n) is 1.68. The Kier molecular flexibility index (Phi) is 3.25. The molecule has 3 rings (SSSR count). The summed E-state index contributed by atoms with van der Waals surface area (Å²) in [5, 5.41) is 4.58. The summed E-state index contributed by atoms with van der Waals surface area (Å²) in [6, 6.07) is 4.60. The molecule has 1 saturated carbocycles. The van der Waals surface area contributed by atoms with Crippen molar-refractivity contribution in [1.82, 2.24) is 15.3 Å². The largest absolute Gasteiger partial charge is 0.495 e. The molecule has 2 aromatic rings. The lowest BCUT2D eigenvalue weighted by Crippen LogP contribution is -2.14. The van der Waals surface area contributed by atoms with Crippen LogP contribution in [0.25, 0.3) is 10.6 Å². The van der Waals surface area contributed by atoms with Crippen molar-refractivity contribution < 1.29 is 4.74 Å². The van der Waals surface area contributed by atoms with Crippen LogP contribution in [0, 0.1) is 0 Å². The smallest absolute Gasteiger partial charge is 0.137 e. The summed E-state index contributed by atoms with van der Waals surface area (Å²) in [6.07, 6.45) is 6.23. The molecule has 4 nitrogen and oxygen atoms in total. The van der Waals surface area contributed by atoms with E-state index in [4.69, 9.17) is 4.74 Å². The van der Waals surface area contributed by atoms with Gasteiger partial charge in [-0.15, -0.1) is 11.3 Å². The lowest BCUT2D eigenvalue weighted by atomic mass is 10.3. The van der Waals surface area contributed by atoms with E-state index in [1.54, 1.807) is 24.6 Å². The van der Waals surface area contributed by atoms with Gasteiger partial charge in [-0.3, -0.25) is 4.98 Å². The standard InChI is InChI=1S/C13H15N3OS/c1-17-10-4-5-11(15-6-10)12-7-16-13(18-12)8-14-9-2-3-9/h4-7,9,14H,2-3,8H2,1H3. The van der Waals surface area contributed by atoms with E-state index < -0.39 is 0 Å². The Morgan fingerprint density at radius 1 is 1.33 bits per heavy atom. The van der Waals surface area contributed by atoms with Crippen molar-refractivity contribution in [3.63, 3.8) is 0 Å². The van der Waals surface area contributed by atoms with E-state index in [1.807, 2.05) is 18.3 Å². The molecule has 0 bridgehead atoms. The van der Waals surface area contributed by atoms with Crippen LogP contribution in [0.1, 0.15) is 17.8 Å². The third-order valence-corrected chi connectivity index (χ3v) is 3.92. The number of thiazole rings is 1. The van der Waals surface area contributed by atoms with Crippen LogP contribution in [0.4, 0.5) is 0 Å². The molecule has 0 radical (unpaired) electrons. The maximum absolute atomic E-state index is 5.10. The minimum absolute atomic E-state index is 0.719. The van der Waals surface area contributed by atoms with Crippen LogP contribution in [0.3, 0.4) is 0 Å². The van der Waals surface area contributed by atoms with Gasteiger partial charge in [-0.2, -0.15) is 0 Å². The fourth-order valence-corrected chi connectivity index (χ4v) is 2.52. The molecule has 18 heavy (non-hydrogen) atoms. The molecular weight excluding hydrogens is 246 g/mol. The molecule has 2 aromatic heterocycles. The monoisotopic (exact) mass is 261 g/mol. The topological polar surface area (TPSA) is 47.0 Å². The highest BCUT2D eigenvalue weighted by atomic mass is 32.1.